The summed E-state index contributed by atoms with van der Waals surface area (Å²) in [5.41, 5.74) is 11.4. The molecule has 1 rings (SSSR count). The van der Waals surface area contributed by atoms with Gasteiger partial charge in [-0.3, -0.25) is 24.0 Å². The van der Waals surface area contributed by atoms with E-state index in [1.54, 1.807) is 30.3 Å². The van der Waals surface area contributed by atoms with E-state index >= 15 is 0 Å². The van der Waals surface area contributed by atoms with Gasteiger partial charge in [-0.2, -0.15) is 12.6 Å². The molecule has 192 valence electrons. The van der Waals surface area contributed by atoms with Gasteiger partial charge in [-0.25, -0.2) is 4.79 Å². The summed E-state index contributed by atoms with van der Waals surface area (Å²) in [4.78, 5) is 71.3. The summed E-state index contributed by atoms with van der Waals surface area (Å²) in [5, 5.41) is 25.0. The summed E-state index contributed by atoms with van der Waals surface area (Å²) in [6.07, 6.45) is -1.23. The summed E-state index contributed by atoms with van der Waals surface area (Å²) in [7, 11) is 0. The van der Waals surface area contributed by atoms with Crippen molar-refractivity contribution in [3.8, 4) is 0 Å². The minimum atomic E-state index is -1.53. The van der Waals surface area contributed by atoms with Gasteiger partial charge < -0.3 is 37.6 Å². The molecule has 14 heteroatoms. The van der Waals surface area contributed by atoms with Crippen molar-refractivity contribution in [2.45, 2.75) is 49.9 Å². The van der Waals surface area contributed by atoms with Gasteiger partial charge in [-0.15, -0.1) is 0 Å². The maximum Gasteiger partial charge on any atom is 0.326 e. The smallest absolute Gasteiger partial charge is 0.326 e. The van der Waals surface area contributed by atoms with Gasteiger partial charge in [0.05, 0.1) is 12.5 Å². The van der Waals surface area contributed by atoms with Crippen LogP contribution in [0.15, 0.2) is 30.3 Å². The zero-order valence-electron chi connectivity index (χ0n) is 18.7. The van der Waals surface area contributed by atoms with E-state index in [9.17, 15) is 33.9 Å². The second-order valence-corrected chi connectivity index (χ2v) is 7.97. The predicted octanol–water partition coefficient (Wildman–Crippen LogP) is -2.23. The summed E-state index contributed by atoms with van der Waals surface area (Å²) in [6.45, 7) is 0. The van der Waals surface area contributed by atoms with Crippen molar-refractivity contribution in [1.29, 1.82) is 0 Å². The van der Waals surface area contributed by atoms with Crippen LogP contribution in [0.4, 0.5) is 0 Å². The standard InChI is InChI=1S/C21H29N5O8S/c22-12(6-7-17(28)29)18(30)26-15(10-35)20(32)24-13(9-16(23)27)19(31)25-14(21(33)34)8-11-4-2-1-3-5-11/h1-5,12-15,35H,6-10,22H2,(H2,23,27)(H,24,32)(H,25,31)(H,26,30)(H,28,29)(H,33,34). The number of amides is 4. The van der Waals surface area contributed by atoms with Crippen molar-refractivity contribution < 1.29 is 39.0 Å². The molecule has 0 aliphatic rings. The molecule has 1 aromatic rings. The van der Waals surface area contributed by atoms with Crippen LogP contribution < -0.4 is 27.4 Å². The predicted molar refractivity (Wildman–Crippen MR) is 126 cm³/mol. The van der Waals surface area contributed by atoms with Gasteiger partial charge in [-0.1, -0.05) is 30.3 Å². The maximum atomic E-state index is 12.7. The highest BCUT2D eigenvalue weighted by atomic mass is 32.1. The molecule has 0 heterocycles. The highest BCUT2D eigenvalue weighted by molar-refractivity contribution is 7.80. The van der Waals surface area contributed by atoms with Crippen LogP contribution in [0.25, 0.3) is 0 Å². The number of carboxylic acids is 2. The molecule has 0 spiro atoms. The first-order valence-electron chi connectivity index (χ1n) is 10.5. The fraction of sp³-hybridized carbons (Fsp3) is 0.429. The quantitative estimate of drug-likeness (QED) is 0.119. The van der Waals surface area contributed by atoms with Crippen molar-refractivity contribution in [2.75, 3.05) is 5.75 Å². The second-order valence-electron chi connectivity index (χ2n) is 7.60. The third-order valence-electron chi connectivity index (χ3n) is 4.76. The number of aliphatic carboxylic acids is 2. The van der Waals surface area contributed by atoms with Crippen LogP contribution in [-0.4, -0.2) is 75.7 Å². The number of carbonyl (C=O) groups excluding carboxylic acids is 4. The molecule has 0 saturated carbocycles. The van der Waals surface area contributed by atoms with E-state index in [4.69, 9.17) is 16.6 Å². The first-order valence-corrected chi connectivity index (χ1v) is 11.1. The van der Waals surface area contributed by atoms with E-state index in [2.05, 4.69) is 28.6 Å². The molecule has 0 radical (unpaired) electrons. The molecule has 4 unspecified atom stereocenters. The van der Waals surface area contributed by atoms with Crippen molar-refractivity contribution in [3.63, 3.8) is 0 Å². The third kappa shape index (κ3) is 10.9. The van der Waals surface area contributed by atoms with Gasteiger partial charge in [0.2, 0.25) is 23.6 Å². The highest BCUT2D eigenvalue weighted by Gasteiger charge is 2.31. The number of hydrogen-bond donors (Lipinski definition) is 8. The fourth-order valence-corrected chi connectivity index (χ4v) is 3.15. The van der Waals surface area contributed by atoms with Gasteiger partial charge >= 0.3 is 11.9 Å². The van der Waals surface area contributed by atoms with Crippen LogP contribution in [0.3, 0.4) is 0 Å². The number of thiol groups is 1. The Hall–Kier alpha value is -3.65. The molecule has 4 atom stereocenters. The molecule has 0 fully saturated rings. The minimum absolute atomic E-state index is 0.0529. The first-order chi connectivity index (χ1) is 16.4. The van der Waals surface area contributed by atoms with Gasteiger partial charge in [0.15, 0.2) is 0 Å². The Bertz CT molecular complexity index is 930. The number of carboxylic acid groups (broad SMARTS) is 2. The number of primary amides is 1. The monoisotopic (exact) mass is 511 g/mol. The van der Waals surface area contributed by atoms with Crippen LogP contribution in [0.5, 0.6) is 0 Å². The van der Waals surface area contributed by atoms with E-state index in [1.165, 1.54) is 0 Å². The number of benzene rings is 1. The van der Waals surface area contributed by atoms with Crippen LogP contribution >= 0.6 is 12.6 Å². The summed E-state index contributed by atoms with van der Waals surface area (Å²) in [5.74, 6) is -6.34. The Morgan fingerprint density at radius 3 is 1.91 bits per heavy atom. The molecular formula is C21H29N5O8S. The molecule has 4 amide bonds. The van der Waals surface area contributed by atoms with Crippen molar-refractivity contribution in [3.05, 3.63) is 35.9 Å². The molecule has 35 heavy (non-hydrogen) atoms. The van der Waals surface area contributed by atoms with Crippen LogP contribution in [0.2, 0.25) is 0 Å². The average Bonchev–Trinajstić information content (AvgIpc) is 2.79. The molecule has 0 aromatic heterocycles. The van der Waals surface area contributed by atoms with Crippen LogP contribution in [0.1, 0.15) is 24.8 Å². The number of hydrogen-bond acceptors (Lipinski definition) is 8. The van der Waals surface area contributed by atoms with Crippen molar-refractivity contribution in [1.82, 2.24) is 16.0 Å². The molecule has 9 N–H and O–H groups in total. The van der Waals surface area contributed by atoms with Gasteiger partial charge in [0.25, 0.3) is 0 Å². The first kappa shape index (κ1) is 29.4. The molecule has 0 aliphatic carbocycles. The number of nitrogens with two attached hydrogens (primary N) is 2. The Kier molecular flexibility index (Phi) is 12.2. The maximum absolute atomic E-state index is 12.7. The molecule has 0 bridgehead atoms. The number of carbonyl (C=O) groups is 6. The third-order valence-corrected chi connectivity index (χ3v) is 5.12. The van der Waals surface area contributed by atoms with Crippen LogP contribution in [0, 0.1) is 0 Å². The lowest BCUT2D eigenvalue weighted by Crippen LogP contribution is -2.58. The zero-order valence-corrected chi connectivity index (χ0v) is 19.6. The minimum Gasteiger partial charge on any atom is -0.481 e. The average molecular weight is 512 g/mol. The topological polar surface area (TPSA) is 231 Å². The number of nitrogens with one attached hydrogen (secondary N) is 3. The van der Waals surface area contributed by atoms with E-state index in [0.717, 1.165) is 0 Å². The second kappa shape index (κ2) is 14.6. The van der Waals surface area contributed by atoms with Gasteiger partial charge in [0, 0.05) is 18.6 Å². The van der Waals surface area contributed by atoms with Gasteiger partial charge in [0.1, 0.15) is 18.1 Å². The lowest BCUT2D eigenvalue weighted by molar-refractivity contribution is -0.142. The van der Waals surface area contributed by atoms with Crippen molar-refractivity contribution >= 4 is 48.2 Å². The van der Waals surface area contributed by atoms with Crippen LogP contribution in [-0.2, 0) is 35.2 Å². The van der Waals surface area contributed by atoms with E-state index < -0.39 is 66.2 Å². The van der Waals surface area contributed by atoms with E-state index in [1.807, 2.05) is 0 Å². The Balaban J connectivity index is 2.88. The Morgan fingerprint density at radius 1 is 0.857 bits per heavy atom. The highest BCUT2D eigenvalue weighted by Crippen LogP contribution is 2.05. The summed E-state index contributed by atoms with van der Waals surface area (Å²) >= 11 is 3.98. The largest absolute Gasteiger partial charge is 0.481 e. The Morgan fingerprint density at radius 2 is 1.40 bits per heavy atom. The summed E-state index contributed by atoms with van der Waals surface area (Å²) in [6, 6.07) is 3.10. The lowest BCUT2D eigenvalue weighted by Gasteiger charge is -2.24. The molecule has 0 aliphatic heterocycles. The molecule has 1 aromatic carbocycles. The van der Waals surface area contributed by atoms with Crippen molar-refractivity contribution in [2.24, 2.45) is 11.5 Å². The lowest BCUT2D eigenvalue weighted by atomic mass is 10.0. The van der Waals surface area contributed by atoms with E-state index in [-0.39, 0.29) is 25.0 Å². The fourth-order valence-electron chi connectivity index (χ4n) is 2.89. The normalized spacial score (nSPS) is 14.0. The molecular weight excluding hydrogens is 482 g/mol. The molecule has 0 saturated heterocycles. The zero-order chi connectivity index (χ0) is 26.5. The van der Waals surface area contributed by atoms with Gasteiger partial charge in [-0.05, 0) is 12.0 Å². The van der Waals surface area contributed by atoms with E-state index in [0.29, 0.717) is 5.56 Å². The molecule has 13 nitrogen and oxygen atoms in total. The number of rotatable bonds is 15. The Labute approximate surface area is 206 Å². The summed E-state index contributed by atoms with van der Waals surface area (Å²) < 4.78 is 0. The SMILES string of the molecule is NC(=O)CC(NC(=O)C(CS)NC(=O)C(N)CCC(=O)O)C(=O)NC(Cc1ccccc1)C(=O)O.